The average Bonchev–Trinajstić information content (AvgIpc) is 2.81. The Labute approximate surface area is 215 Å². The molecule has 0 bridgehead atoms. The van der Waals surface area contributed by atoms with E-state index < -0.39 is 15.4 Å². The van der Waals surface area contributed by atoms with Crippen molar-refractivity contribution in [1.82, 2.24) is 9.97 Å². The molecule has 1 aromatic heterocycles. The summed E-state index contributed by atoms with van der Waals surface area (Å²) in [6.45, 7) is 4.35. The molecule has 3 aromatic rings. The lowest BCUT2D eigenvalue weighted by Gasteiger charge is -2.27. The molecule has 0 fully saturated rings. The van der Waals surface area contributed by atoms with Crippen LogP contribution in [0.15, 0.2) is 48.8 Å². The second-order valence-electron chi connectivity index (χ2n) is 8.11. The molecule has 1 heterocycles. The molecule has 10 heteroatoms. The Hall–Kier alpha value is -3.30. The van der Waals surface area contributed by atoms with Crippen LogP contribution in [0.5, 0.6) is 5.75 Å². The third-order valence-corrected chi connectivity index (χ3v) is 6.08. The predicted molar refractivity (Wildman–Crippen MR) is 137 cm³/mol. The van der Waals surface area contributed by atoms with Crippen LogP contribution in [-0.4, -0.2) is 37.1 Å². The Kier molecular flexibility index (Phi) is 8.24. The first-order valence-electron chi connectivity index (χ1n) is 10.4. The Balaban J connectivity index is 1.81. The fourth-order valence-electron chi connectivity index (χ4n) is 3.22. The van der Waals surface area contributed by atoms with E-state index in [1.165, 1.54) is 12.4 Å². The van der Waals surface area contributed by atoms with E-state index in [0.29, 0.717) is 27.8 Å². The first kappa shape index (κ1) is 26.3. The van der Waals surface area contributed by atoms with Gasteiger partial charge in [0.2, 0.25) is 16.0 Å². The molecule has 0 spiro atoms. The van der Waals surface area contributed by atoms with Crippen molar-refractivity contribution in [2.24, 2.45) is 0 Å². The van der Waals surface area contributed by atoms with Crippen molar-refractivity contribution < 1.29 is 13.2 Å². The number of aromatic nitrogens is 2. The molecule has 7 nitrogen and oxygen atoms in total. The molecule has 0 saturated heterocycles. The van der Waals surface area contributed by atoms with E-state index in [1.54, 1.807) is 6.07 Å². The van der Waals surface area contributed by atoms with Crippen LogP contribution < -0.4 is 9.46 Å². The summed E-state index contributed by atoms with van der Waals surface area (Å²) < 4.78 is 30.2. The van der Waals surface area contributed by atoms with Gasteiger partial charge < -0.3 is 4.74 Å². The van der Waals surface area contributed by atoms with Gasteiger partial charge in [0.1, 0.15) is 12.7 Å². The fourth-order valence-corrected chi connectivity index (χ4v) is 4.01. The van der Waals surface area contributed by atoms with Crippen LogP contribution in [0.3, 0.4) is 0 Å². The molecule has 0 aliphatic heterocycles. The minimum Gasteiger partial charge on any atom is -0.489 e. The van der Waals surface area contributed by atoms with E-state index in [-0.39, 0.29) is 12.6 Å². The maximum Gasteiger partial charge on any atom is 0.236 e. The molecule has 3 rings (SSSR count). The SMILES string of the molecule is CC(C)(c1ccc(C#Cc2cnc(NS(C)(=O)=O)nc2)cc1)c1cc(Cl)c(OCCCl)c(C#N)c1. The van der Waals surface area contributed by atoms with Crippen molar-refractivity contribution >= 4 is 39.2 Å². The molecule has 0 atom stereocenters. The van der Waals surface area contributed by atoms with Crippen LogP contribution in [0.1, 0.15) is 41.7 Å². The van der Waals surface area contributed by atoms with Gasteiger partial charge in [-0.1, -0.05) is 49.4 Å². The lowest BCUT2D eigenvalue weighted by atomic mass is 9.77. The third-order valence-electron chi connectivity index (χ3n) is 5.10. The minimum absolute atomic E-state index is 0.0112. The normalized spacial score (nSPS) is 11.2. The fraction of sp³-hybridized carbons (Fsp3) is 0.240. The van der Waals surface area contributed by atoms with Gasteiger partial charge in [0.05, 0.1) is 28.3 Å². The number of hydrogen-bond acceptors (Lipinski definition) is 6. The van der Waals surface area contributed by atoms with Gasteiger partial charge in [0.15, 0.2) is 5.75 Å². The summed E-state index contributed by atoms with van der Waals surface area (Å²) in [5.74, 6) is 6.62. The smallest absolute Gasteiger partial charge is 0.236 e. The van der Waals surface area contributed by atoms with Gasteiger partial charge in [-0.2, -0.15) is 5.26 Å². The monoisotopic (exact) mass is 528 g/mol. The molecule has 180 valence electrons. The molecule has 0 radical (unpaired) electrons. The van der Waals surface area contributed by atoms with E-state index in [1.807, 2.05) is 44.2 Å². The summed E-state index contributed by atoms with van der Waals surface area (Å²) in [5.41, 5.74) is 3.12. The largest absolute Gasteiger partial charge is 0.489 e. The van der Waals surface area contributed by atoms with E-state index in [2.05, 4.69) is 32.6 Å². The number of nitrogens with one attached hydrogen (secondary N) is 1. The van der Waals surface area contributed by atoms with Crippen LogP contribution >= 0.6 is 23.2 Å². The third kappa shape index (κ3) is 6.86. The number of ether oxygens (including phenoxy) is 1. The van der Waals surface area contributed by atoms with Gasteiger partial charge >= 0.3 is 0 Å². The molecule has 35 heavy (non-hydrogen) atoms. The number of hydrogen-bond donors (Lipinski definition) is 1. The lowest BCUT2D eigenvalue weighted by molar-refractivity contribution is 0.341. The number of alkyl halides is 1. The summed E-state index contributed by atoms with van der Waals surface area (Å²) >= 11 is 12.1. The molecule has 0 amide bonds. The number of halogens is 2. The van der Waals surface area contributed by atoms with Gasteiger partial charge in [-0.25, -0.2) is 18.4 Å². The first-order chi connectivity index (χ1) is 16.5. The Bertz CT molecular complexity index is 1420. The standard InChI is InChI=1S/C25H22Cl2N4O3S/c1-25(2,21-12-19(14-28)23(22(27)13-21)34-11-10-26)20-8-6-17(7-9-20)4-5-18-15-29-24(30-16-18)31-35(3,32)33/h6-9,12-13,15-16H,10-11H2,1-3H3,(H,29,30,31). The van der Waals surface area contributed by atoms with Crippen LogP contribution in [0.2, 0.25) is 5.02 Å². The molecule has 2 aromatic carbocycles. The van der Waals surface area contributed by atoms with Crippen LogP contribution in [0.25, 0.3) is 0 Å². The minimum atomic E-state index is -3.44. The van der Waals surface area contributed by atoms with Crippen LogP contribution in [0, 0.1) is 23.2 Å². The Morgan fingerprint density at radius 2 is 1.69 bits per heavy atom. The molecule has 0 unspecified atom stereocenters. The maximum atomic E-state index is 11.2. The van der Waals surface area contributed by atoms with Gasteiger partial charge in [-0.15, -0.1) is 11.6 Å². The zero-order chi connectivity index (χ0) is 25.6. The predicted octanol–water partition coefficient (Wildman–Crippen LogP) is 4.72. The summed E-state index contributed by atoms with van der Waals surface area (Å²) in [6.07, 6.45) is 3.92. The number of sulfonamides is 1. The molecular formula is C25H22Cl2N4O3S. The topological polar surface area (TPSA) is 105 Å². The number of nitrogens with zero attached hydrogens (tertiary/aromatic N) is 3. The average molecular weight is 529 g/mol. The number of benzene rings is 2. The molecule has 1 N–H and O–H groups in total. The highest BCUT2D eigenvalue weighted by atomic mass is 35.5. The summed E-state index contributed by atoms with van der Waals surface area (Å²) in [7, 11) is -3.44. The second-order valence-corrected chi connectivity index (χ2v) is 10.6. The Morgan fingerprint density at radius 3 is 2.26 bits per heavy atom. The second kappa shape index (κ2) is 11.0. The van der Waals surface area contributed by atoms with E-state index >= 15 is 0 Å². The molecule has 0 aliphatic rings. The molecular weight excluding hydrogens is 507 g/mol. The van der Waals surface area contributed by atoms with Crippen LogP contribution in [-0.2, 0) is 15.4 Å². The quantitative estimate of drug-likeness (QED) is 0.351. The highest BCUT2D eigenvalue weighted by molar-refractivity contribution is 7.91. The number of anilines is 1. The van der Waals surface area contributed by atoms with Crippen molar-refractivity contribution in [3.8, 4) is 23.7 Å². The van der Waals surface area contributed by atoms with Crippen LogP contribution in [0.4, 0.5) is 5.95 Å². The highest BCUT2D eigenvalue weighted by Gasteiger charge is 2.26. The first-order valence-corrected chi connectivity index (χ1v) is 13.2. The molecule has 0 saturated carbocycles. The number of rotatable bonds is 7. The van der Waals surface area contributed by atoms with E-state index in [4.69, 9.17) is 27.9 Å². The summed E-state index contributed by atoms with van der Waals surface area (Å²) in [6, 6.07) is 13.5. The van der Waals surface area contributed by atoms with Crippen molar-refractivity contribution in [2.45, 2.75) is 19.3 Å². The lowest BCUT2D eigenvalue weighted by Crippen LogP contribution is -2.19. The number of nitriles is 1. The molecule has 0 aliphatic carbocycles. The van der Waals surface area contributed by atoms with E-state index in [0.717, 1.165) is 22.9 Å². The zero-order valence-electron chi connectivity index (χ0n) is 19.3. The van der Waals surface area contributed by atoms with Crippen molar-refractivity contribution in [1.29, 1.82) is 5.26 Å². The van der Waals surface area contributed by atoms with Gasteiger partial charge in [0, 0.05) is 23.4 Å². The Morgan fingerprint density at radius 1 is 1.06 bits per heavy atom. The van der Waals surface area contributed by atoms with Crippen molar-refractivity contribution in [3.63, 3.8) is 0 Å². The van der Waals surface area contributed by atoms with Gasteiger partial charge in [-0.05, 0) is 35.4 Å². The van der Waals surface area contributed by atoms with Crippen molar-refractivity contribution in [3.05, 3.63) is 81.6 Å². The summed E-state index contributed by atoms with van der Waals surface area (Å²) in [4.78, 5) is 7.89. The van der Waals surface area contributed by atoms with Crippen molar-refractivity contribution in [2.75, 3.05) is 23.5 Å². The summed E-state index contributed by atoms with van der Waals surface area (Å²) in [5, 5.41) is 9.94. The van der Waals surface area contributed by atoms with Gasteiger partial charge in [-0.3, -0.25) is 4.72 Å². The van der Waals surface area contributed by atoms with E-state index in [9.17, 15) is 13.7 Å². The van der Waals surface area contributed by atoms with Gasteiger partial charge in [0.25, 0.3) is 0 Å². The highest BCUT2D eigenvalue weighted by Crippen LogP contribution is 2.38. The zero-order valence-corrected chi connectivity index (χ0v) is 21.6. The maximum absolute atomic E-state index is 11.2.